The Balaban J connectivity index is 2.41. The van der Waals surface area contributed by atoms with E-state index in [1.807, 2.05) is 17.9 Å². The predicted molar refractivity (Wildman–Crippen MR) is 73.2 cm³/mol. The van der Waals surface area contributed by atoms with Gasteiger partial charge in [0.05, 0.1) is 34.3 Å². The van der Waals surface area contributed by atoms with Crippen molar-refractivity contribution in [2.75, 3.05) is 7.05 Å². The van der Waals surface area contributed by atoms with E-state index in [0.717, 1.165) is 28.8 Å². The highest BCUT2D eigenvalue weighted by molar-refractivity contribution is 9.10. The Kier molecular flexibility index (Phi) is 4.43. The van der Waals surface area contributed by atoms with Gasteiger partial charge >= 0.3 is 0 Å². The summed E-state index contributed by atoms with van der Waals surface area (Å²) in [7, 11) is 1.91. The minimum atomic E-state index is -0.0119. The van der Waals surface area contributed by atoms with Gasteiger partial charge < -0.3 is 5.32 Å². The highest BCUT2D eigenvalue weighted by Crippen LogP contribution is 2.27. The lowest BCUT2D eigenvalue weighted by molar-refractivity contribution is 0.527. The molecule has 18 heavy (non-hydrogen) atoms. The van der Waals surface area contributed by atoms with Gasteiger partial charge in [-0.2, -0.15) is 5.10 Å². The van der Waals surface area contributed by atoms with Crippen LogP contribution in [0.1, 0.15) is 30.8 Å². The quantitative estimate of drug-likeness (QED) is 0.919. The molecule has 0 spiro atoms. The molecule has 0 saturated carbocycles. The molecule has 0 aliphatic heterocycles. The molecule has 0 fully saturated rings. The molecule has 1 N–H and O–H groups in total. The van der Waals surface area contributed by atoms with Gasteiger partial charge in [-0.3, -0.25) is 14.6 Å². The van der Waals surface area contributed by atoms with Gasteiger partial charge in [-0.15, -0.1) is 0 Å². The fourth-order valence-electron chi connectivity index (χ4n) is 1.93. The summed E-state index contributed by atoms with van der Waals surface area (Å²) in [5, 5.41) is 7.65. The third-order valence-corrected chi connectivity index (χ3v) is 3.32. The summed E-state index contributed by atoms with van der Waals surface area (Å²) < 4.78 is 2.99. The Morgan fingerprint density at radius 3 is 2.83 bits per heavy atom. The van der Waals surface area contributed by atoms with Crippen molar-refractivity contribution in [3.8, 4) is 0 Å². The molecule has 0 saturated heterocycles. The van der Waals surface area contributed by atoms with Crippen molar-refractivity contribution in [3.63, 3.8) is 0 Å². The van der Waals surface area contributed by atoms with Crippen LogP contribution in [0.15, 0.2) is 29.3 Å². The maximum absolute atomic E-state index is 4.38. The van der Waals surface area contributed by atoms with Gasteiger partial charge in [-0.1, -0.05) is 6.92 Å². The standard InChI is InChI=1S/C12H16BrN5/c1-3-6-18-12(9(13)7-17-18)11(14-2)10-8-15-4-5-16-10/h4-5,7-8,11,14H,3,6H2,1-2H3. The van der Waals surface area contributed by atoms with E-state index in [-0.39, 0.29) is 6.04 Å². The monoisotopic (exact) mass is 309 g/mol. The molecule has 0 radical (unpaired) electrons. The smallest absolute Gasteiger partial charge is 0.0946 e. The molecular weight excluding hydrogens is 294 g/mol. The van der Waals surface area contributed by atoms with Crippen molar-refractivity contribution in [2.45, 2.75) is 25.9 Å². The molecule has 0 aromatic carbocycles. The molecule has 6 heteroatoms. The fourth-order valence-corrected chi connectivity index (χ4v) is 2.46. The van der Waals surface area contributed by atoms with Crippen LogP contribution in [0.3, 0.4) is 0 Å². The summed E-state index contributed by atoms with van der Waals surface area (Å²) in [6.45, 7) is 3.02. The highest BCUT2D eigenvalue weighted by atomic mass is 79.9. The van der Waals surface area contributed by atoms with Crippen LogP contribution in [0.5, 0.6) is 0 Å². The maximum Gasteiger partial charge on any atom is 0.0946 e. The number of hydrogen-bond acceptors (Lipinski definition) is 4. The van der Waals surface area contributed by atoms with Crippen LogP contribution in [-0.2, 0) is 6.54 Å². The second-order valence-electron chi connectivity index (χ2n) is 3.95. The van der Waals surface area contributed by atoms with Crippen molar-refractivity contribution in [1.29, 1.82) is 0 Å². The molecule has 0 aliphatic rings. The third kappa shape index (κ3) is 2.59. The summed E-state index contributed by atoms with van der Waals surface area (Å²) in [5.74, 6) is 0. The zero-order valence-electron chi connectivity index (χ0n) is 10.5. The maximum atomic E-state index is 4.38. The first-order chi connectivity index (χ1) is 8.77. The lowest BCUT2D eigenvalue weighted by atomic mass is 10.1. The van der Waals surface area contributed by atoms with Crippen LogP contribution in [0.4, 0.5) is 0 Å². The zero-order valence-corrected chi connectivity index (χ0v) is 12.1. The highest BCUT2D eigenvalue weighted by Gasteiger charge is 2.21. The van der Waals surface area contributed by atoms with Gasteiger partial charge in [0.25, 0.3) is 0 Å². The van der Waals surface area contributed by atoms with Gasteiger partial charge in [-0.05, 0) is 29.4 Å². The van der Waals surface area contributed by atoms with Gasteiger partial charge in [0.2, 0.25) is 0 Å². The van der Waals surface area contributed by atoms with Crippen LogP contribution in [-0.4, -0.2) is 26.8 Å². The summed E-state index contributed by atoms with van der Waals surface area (Å²) in [4.78, 5) is 8.48. The number of rotatable bonds is 5. The molecular formula is C12H16BrN5. The normalized spacial score (nSPS) is 12.6. The molecule has 2 rings (SSSR count). The Morgan fingerprint density at radius 2 is 2.22 bits per heavy atom. The minimum absolute atomic E-state index is 0.0119. The van der Waals surface area contributed by atoms with Crippen molar-refractivity contribution in [3.05, 3.63) is 40.6 Å². The minimum Gasteiger partial charge on any atom is -0.307 e. The summed E-state index contributed by atoms with van der Waals surface area (Å²) in [6.07, 6.45) is 8.02. The number of hydrogen-bond donors (Lipinski definition) is 1. The molecule has 0 amide bonds. The molecule has 1 unspecified atom stereocenters. The largest absolute Gasteiger partial charge is 0.307 e. The molecule has 96 valence electrons. The molecule has 5 nitrogen and oxygen atoms in total. The number of aromatic nitrogens is 4. The first-order valence-electron chi connectivity index (χ1n) is 5.92. The van der Waals surface area contributed by atoms with Crippen LogP contribution in [0.25, 0.3) is 0 Å². The second-order valence-corrected chi connectivity index (χ2v) is 4.81. The Hall–Kier alpha value is -1.27. The van der Waals surface area contributed by atoms with Crippen LogP contribution < -0.4 is 5.32 Å². The summed E-state index contributed by atoms with van der Waals surface area (Å²) in [6, 6.07) is -0.0119. The molecule has 2 aromatic heterocycles. The number of nitrogens with one attached hydrogen (secondary N) is 1. The fraction of sp³-hybridized carbons (Fsp3) is 0.417. The lowest BCUT2D eigenvalue weighted by Gasteiger charge is -2.17. The second kappa shape index (κ2) is 6.06. The van der Waals surface area contributed by atoms with E-state index >= 15 is 0 Å². The SMILES string of the molecule is CCCn1ncc(Br)c1C(NC)c1cnccn1. The van der Waals surface area contributed by atoms with Gasteiger partial charge in [0, 0.05) is 18.9 Å². The van der Waals surface area contributed by atoms with Crippen molar-refractivity contribution < 1.29 is 0 Å². The van der Waals surface area contributed by atoms with Gasteiger partial charge in [0.1, 0.15) is 0 Å². The van der Waals surface area contributed by atoms with E-state index in [9.17, 15) is 0 Å². The molecule has 2 aromatic rings. The zero-order chi connectivity index (χ0) is 13.0. The van der Waals surface area contributed by atoms with Gasteiger partial charge in [-0.25, -0.2) is 0 Å². The Morgan fingerprint density at radius 1 is 1.39 bits per heavy atom. The van der Waals surface area contributed by atoms with E-state index in [1.54, 1.807) is 18.6 Å². The Bertz CT molecular complexity index is 496. The number of nitrogens with zero attached hydrogens (tertiary/aromatic N) is 4. The van der Waals surface area contributed by atoms with E-state index in [0.29, 0.717) is 0 Å². The topological polar surface area (TPSA) is 55.6 Å². The van der Waals surface area contributed by atoms with Crippen LogP contribution in [0.2, 0.25) is 0 Å². The average Bonchev–Trinajstić information content (AvgIpc) is 2.75. The molecule has 1 atom stereocenters. The number of halogens is 1. The molecule has 0 bridgehead atoms. The van der Waals surface area contributed by atoms with Crippen molar-refractivity contribution in [1.82, 2.24) is 25.1 Å². The first kappa shape index (κ1) is 13.2. The average molecular weight is 310 g/mol. The molecule has 2 heterocycles. The van der Waals surface area contributed by atoms with E-state index < -0.39 is 0 Å². The van der Waals surface area contributed by atoms with Crippen LogP contribution >= 0.6 is 15.9 Å². The van der Waals surface area contributed by atoms with Crippen molar-refractivity contribution in [2.24, 2.45) is 0 Å². The first-order valence-corrected chi connectivity index (χ1v) is 6.71. The van der Waals surface area contributed by atoms with Gasteiger partial charge in [0.15, 0.2) is 0 Å². The predicted octanol–water partition coefficient (Wildman–Crippen LogP) is 2.15. The lowest BCUT2D eigenvalue weighted by Crippen LogP contribution is -2.23. The summed E-state index contributed by atoms with van der Waals surface area (Å²) in [5.41, 5.74) is 1.97. The van der Waals surface area contributed by atoms with E-state index in [1.165, 1.54) is 0 Å². The molecule has 0 aliphatic carbocycles. The number of aryl methyl sites for hydroxylation is 1. The Labute approximate surface area is 115 Å². The third-order valence-electron chi connectivity index (χ3n) is 2.71. The van der Waals surface area contributed by atoms with E-state index in [2.05, 4.69) is 43.2 Å². The van der Waals surface area contributed by atoms with Crippen LogP contribution in [0, 0.1) is 0 Å². The van der Waals surface area contributed by atoms with E-state index in [4.69, 9.17) is 0 Å². The summed E-state index contributed by atoms with van der Waals surface area (Å²) >= 11 is 3.55. The van der Waals surface area contributed by atoms with Crippen molar-refractivity contribution >= 4 is 15.9 Å².